The van der Waals surface area contributed by atoms with E-state index in [0.717, 1.165) is 11.3 Å². The summed E-state index contributed by atoms with van der Waals surface area (Å²) in [6.07, 6.45) is 3.78. The number of amides is 2. The fourth-order valence-corrected chi connectivity index (χ4v) is 2.79. The summed E-state index contributed by atoms with van der Waals surface area (Å²) in [5.74, 6) is 0.282. The molecule has 2 aromatic carbocycles. The zero-order chi connectivity index (χ0) is 20.5. The van der Waals surface area contributed by atoms with Gasteiger partial charge in [0.2, 0.25) is 0 Å². The van der Waals surface area contributed by atoms with Gasteiger partial charge in [0.05, 0.1) is 17.9 Å². The summed E-state index contributed by atoms with van der Waals surface area (Å²) in [6, 6.07) is 18.1. The van der Waals surface area contributed by atoms with Gasteiger partial charge in [0, 0.05) is 24.5 Å². The van der Waals surface area contributed by atoms with Gasteiger partial charge < -0.3 is 15.4 Å². The maximum Gasteiger partial charge on any atom is 0.255 e. The van der Waals surface area contributed by atoms with E-state index >= 15 is 0 Å². The molecule has 0 bridgehead atoms. The van der Waals surface area contributed by atoms with Gasteiger partial charge in [-0.2, -0.15) is 0 Å². The Labute approximate surface area is 169 Å². The molecule has 148 valence electrons. The maximum atomic E-state index is 12.7. The predicted octanol–water partition coefficient (Wildman–Crippen LogP) is 3.84. The summed E-state index contributed by atoms with van der Waals surface area (Å²) in [4.78, 5) is 29.1. The number of hydrogen-bond donors (Lipinski definition) is 2. The first kappa shape index (κ1) is 20.1. The number of nitrogens with zero attached hydrogens (tertiary/aromatic N) is 1. The van der Waals surface area contributed by atoms with Crippen molar-refractivity contribution in [2.45, 2.75) is 13.3 Å². The lowest BCUT2D eigenvalue weighted by Gasteiger charge is -2.14. The summed E-state index contributed by atoms with van der Waals surface area (Å²) in [6.45, 7) is 2.83. The fourth-order valence-electron chi connectivity index (χ4n) is 2.79. The van der Waals surface area contributed by atoms with Crippen molar-refractivity contribution < 1.29 is 14.3 Å². The molecule has 1 heterocycles. The maximum absolute atomic E-state index is 12.7. The quantitative estimate of drug-likeness (QED) is 0.574. The minimum absolute atomic E-state index is 0.238. The highest BCUT2D eigenvalue weighted by Gasteiger charge is 2.16. The van der Waals surface area contributed by atoms with Crippen LogP contribution in [0, 0.1) is 6.92 Å². The molecular weight excluding hydrogens is 366 g/mol. The zero-order valence-corrected chi connectivity index (χ0v) is 16.2. The van der Waals surface area contributed by atoms with E-state index in [4.69, 9.17) is 4.74 Å². The Bertz CT molecular complexity index is 960. The van der Waals surface area contributed by atoms with E-state index in [0.29, 0.717) is 36.4 Å². The number of carbonyl (C=O) groups excluding carboxylic acids is 2. The molecule has 29 heavy (non-hydrogen) atoms. The second-order valence-electron chi connectivity index (χ2n) is 6.46. The minimum Gasteiger partial charge on any atom is -0.494 e. The van der Waals surface area contributed by atoms with Crippen LogP contribution in [0.4, 0.5) is 5.69 Å². The summed E-state index contributed by atoms with van der Waals surface area (Å²) >= 11 is 0. The van der Waals surface area contributed by atoms with Crippen LogP contribution in [0.2, 0.25) is 0 Å². The highest BCUT2D eigenvalue weighted by Crippen LogP contribution is 2.21. The molecule has 0 aliphatic carbocycles. The van der Waals surface area contributed by atoms with Crippen LogP contribution >= 0.6 is 0 Å². The van der Waals surface area contributed by atoms with Gasteiger partial charge in [0.15, 0.2) is 0 Å². The normalized spacial score (nSPS) is 10.2. The van der Waals surface area contributed by atoms with Crippen molar-refractivity contribution in [1.29, 1.82) is 0 Å². The second kappa shape index (κ2) is 10.0. The van der Waals surface area contributed by atoms with Crippen LogP contribution in [0.25, 0.3) is 0 Å². The fraction of sp³-hybridized carbons (Fsp3) is 0.174. The number of aromatic nitrogens is 1. The Morgan fingerprint density at radius 3 is 2.45 bits per heavy atom. The second-order valence-corrected chi connectivity index (χ2v) is 6.46. The first-order chi connectivity index (χ1) is 14.1. The van der Waals surface area contributed by atoms with E-state index < -0.39 is 0 Å². The number of pyridine rings is 1. The first-order valence-corrected chi connectivity index (χ1v) is 9.42. The summed E-state index contributed by atoms with van der Waals surface area (Å²) in [5.41, 5.74) is 2.23. The highest BCUT2D eigenvalue weighted by molar-refractivity contribution is 6.09. The molecule has 2 N–H and O–H groups in total. The molecule has 0 aliphatic rings. The molecule has 0 fully saturated rings. The number of ether oxygens (including phenoxy) is 1. The highest BCUT2D eigenvalue weighted by atomic mass is 16.5. The van der Waals surface area contributed by atoms with Crippen LogP contribution < -0.4 is 15.4 Å². The summed E-state index contributed by atoms with van der Waals surface area (Å²) < 4.78 is 5.62. The van der Waals surface area contributed by atoms with Gasteiger partial charge in [-0.3, -0.25) is 14.6 Å². The average molecular weight is 389 g/mol. The molecule has 6 nitrogen and oxygen atoms in total. The molecular formula is C23H23N3O3. The van der Waals surface area contributed by atoms with Gasteiger partial charge in [-0.1, -0.05) is 30.3 Å². The number of nitrogens with one attached hydrogen (secondary N) is 2. The van der Waals surface area contributed by atoms with Gasteiger partial charge in [-0.25, -0.2) is 0 Å². The van der Waals surface area contributed by atoms with Gasteiger partial charge >= 0.3 is 0 Å². The number of rotatable bonds is 8. The molecule has 3 aromatic rings. The minimum atomic E-state index is -0.285. The third-order valence-corrected chi connectivity index (χ3v) is 4.32. The van der Waals surface area contributed by atoms with Crippen molar-refractivity contribution in [2.24, 2.45) is 0 Å². The largest absolute Gasteiger partial charge is 0.494 e. The standard InChI is InChI=1S/C23H23N3O3/c1-17-7-5-10-20(21(17)26-22(27)18-11-14-24-15-12-18)23(28)25-13-6-16-29-19-8-3-2-4-9-19/h2-5,7-12,14-15H,6,13,16H2,1H3,(H,25,28)(H,26,27). The van der Waals surface area contributed by atoms with E-state index in [2.05, 4.69) is 15.6 Å². The number of anilines is 1. The lowest BCUT2D eigenvalue weighted by Crippen LogP contribution is -2.27. The van der Waals surface area contributed by atoms with E-state index in [1.54, 1.807) is 36.7 Å². The molecule has 6 heteroatoms. The smallest absolute Gasteiger partial charge is 0.255 e. The topological polar surface area (TPSA) is 80.3 Å². The van der Waals surface area contributed by atoms with E-state index in [1.165, 1.54) is 0 Å². The van der Waals surface area contributed by atoms with Crippen LogP contribution in [-0.2, 0) is 0 Å². The van der Waals surface area contributed by atoms with Crippen molar-refractivity contribution in [2.75, 3.05) is 18.5 Å². The van der Waals surface area contributed by atoms with Gasteiger partial charge in [0.1, 0.15) is 5.75 Å². The van der Waals surface area contributed by atoms with Gasteiger partial charge in [0.25, 0.3) is 11.8 Å². The van der Waals surface area contributed by atoms with Crippen LogP contribution in [0.5, 0.6) is 5.75 Å². The van der Waals surface area contributed by atoms with Gasteiger partial charge in [-0.05, 0) is 49.2 Å². The Hall–Kier alpha value is -3.67. The first-order valence-electron chi connectivity index (χ1n) is 9.42. The van der Waals surface area contributed by atoms with E-state index in [-0.39, 0.29) is 11.8 Å². The molecule has 0 spiro atoms. The van der Waals surface area contributed by atoms with Crippen molar-refractivity contribution in [3.8, 4) is 5.75 Å². The molecule has 0 saturated carbocycles. The number of benzene rings is 2. The summed E-state index contributed by atoms with van der Waals surface area (Å²) in [7, 11) is 0. The molecule has 2 amide bonds. The number of para-hydroxylation sites is 2. The Kier molecular flexibility index (Phi) is 6.95. The van der Waals surface area contributed by atoms with Crippen molar-refractivity contribution >= 4 is 17.5 Å². The van der Waals surface area contributed by atoms with Crippen LogP contribution in [0.15, 0.2) is 73.1 Å². The van der Waals surface area contributed by atoms with Crippen molar-refractivity contribution in [1.82, 2.24) is 10.3 Å². The van der Waals surface area contributed by atoms with Crippen LogP contribution in [0.1, 0.15) is 32.7 Å². The Morgan fingerprint density at radius 1 is 0.931 bits per heavy atom. The Morgan fingerprint density at radius 2 is 1.69 bits per heavy atom. The zero-order valence-electron chi connectivity index (χ0n) is 16.2. The Balaban J connectivity index is 1.57. The van der Waals surface area contributed by atoms with Crippen molar-refractivity contribution in [3.05, 3.63) is 89.7 Å². The third-order valence-electron chi connectivity index (χ3n) is 4.32. The molecule has 0 saturated heterocycles. The van der Waals surface area contributed by atoms with E-state index in [1.807, 2.05) is 43.3 Å². The molecule has 0 atom stereocenters. The average Bonchev–Trinajstić information content (AvgIpc) is 2.76. The molecule has 0 aliphatic heterocycles. The molecule has 0 unspecified atom stereocenters. The van der Waals surface area contributed by atoms with Crippen LogP contribution in [0.3, 0.4) is 0 Å². The number of hydrogen-bond acceptors (Lipinski definition) is 4. The van der Waals surface area contributed by atoms with Gasteiger partial charge in [-0.15, -0.1) is 0 Å². The monoisotopic (exact) mass is 389 g/mol. The third kappa shape index (κ3) is 5.65. The predicted molar refractivity (Wildman–Crippen MR) is 112 cm³/mol. The molecule has 0 radical (unpaired) electrons. The van der Waals surface area contributed by atoms with Crippen LogP contribution in [-0.4, -0.2) is 29.9 Å². The lowest BCUT2D eigenvalue weighted by molar-refractivity contribution is 0.0952. The number of carbonyl (C=O) groups is 2. The van der Waals surface area contributed by atoms with Crippen molar-refractivity contribution in [3.63, 3.8) is 0 Å². The van der Waals surface area contributed by atoms with E-state index in [9.17, 15) is 9.59 Å². The SMILES string of the molecule is Cc1cccc(C(=O)NCCCOc2ccccc2)c1NC(=O)c1ccncc1. The number of aryl methyl sites for hydroxylation is 1. The summed E-state index contributed by atoms with van der Waals surface area (Å²) in [5, 5.41) is 5.73. The lowest BCUT2D eigenvalue weighted by atomic mass is 10.1. The molecule has 1 aromatic heterocycles. The molecule has 3 rings (SSSR count).